The van der Waals surface area contributed by atoms with Gasteiger partial charge in [0, 0.05) is 103 Å². The van der Waals surface area contributed by atoms with Gasteiger partial charge in [-0.05, 0) is 96.1 Å². The minimum atomic E-state index is 1.16. The Morgan fingerprint density at radius 1 is 0.182 bits per heavy atom. The SMILES string of the molecule is c1ccc(-n2c3cc4c5cccc6c7ccccc7n(c4cc3c3cc4c(cc32)c2cccc3c7cc(-c8ccc9c(c8)c8c%10c%11cccc%12c%13ccccc%13n(c%10cc%10c%13ccccc%13n9c%108)c%12%11)ccc7n4c32)c65)cc1. The molecule has 0 bridgehead atoms. The van der Waals surface area contributed by atoms with Crippen LogP contribution in [0, 0.1) is 0 Å². The Morgan fingerprint density at radius 3 is 1.12 bits per heavy atom. The molecule has 0 fully saturated rings. The third-order valence-corrected chi connectivity index (χ3v) is 18.5. The molecule has 0 aliphatic carbocycles. The van der Waals surface area contributed by atoms with Crippen LogP contribution in [0.15, 0.2) is 224 Å². The number of para-hydroxylation sites is 7. The minimum Gasteiger partial charge on any atom is -0.309 e. The number of hydrogen-bond acceptors (Lipinski definition) is 0. The van der Waals surface area contributed by atoms with Gasteiger partial charge in [0.15, 0.2) is 0 Å². The maximum atomic E-state index is 2.56. The Bertz CT molecular complexity index is 6230. The van der Waals surface area contributed by atoms with Gasteiger partial charge in [0.2, 0.25) is 0 Å². The first-order valence-electron chi connectivity index (χ1n) is 26.8. The van der Waals surface area contributed by atoms with E-state index in [1.165, 1.54) is 185 Å². The van der Waals surface area contributed by atoms with Gasteiger partial charge in [-0.2, -0.15) is 0 Å². The fraction of sp³-hybridized carbons (Fsp3) is 0. The highest BCUT2D eigenvalue weighted by Gasteiger charge is 2.28. The number of hydrogen-bond donors (Lipinski definition) is 0. The summed E-state index contributed by atoms with van der Waals surface area (Å²) in [6, 6.07) is 85.2. The molecule has 350 valence electrons. The lowest BCUT2D eigenvalue weighted by atomic mass is 9.97. The van der Waals surface area contributed by atoms with Crippen LogP contribution < -0.4 is 0 Å². The predicted octanol–water partition coefficient (Wildman–Crippen LogP) is 19.1. The van der Waals surface area contributed by atoms with Crippen LogP contribution in [0.1, 0.15) is 0 Å². The molecule has 0 amide bonds. The van der Waals surface area contributed by atoms with Gasteiger partial charge < -0.3 is 22.2 Å². The smallest absolute Gasteiger partial charge is 0.0628 e. The van der Waals surface area contributed by atoms with Gasteiger partial charge in [-0.1, -0.05) is 140 Å². The van der Waals surface area contributed by atoms with Crippen molar-refractivity contribution < 1.29 is 0 Å². The molecule has 12 aromatic carbocycles. The van der Waals surface area contributed by atoms with Gasteiger partial charge in [-0.15, -0.1) is 0 Å². The molecule has 0 spiro atoms. The first-order valence-corrected chi connectivity index (χ1v) is 26.8. The first kappa shape index (κ1) is 38.3. The molecular weight excluding hydrogens is 935 g/mol. The summed E-state index contributed by atoms with van der Waals surface area (Å²) in [5, 5.41) is 23.3. The summed E-state index contributed by atoms with van der Waals surface area (Å²) in [4.78, 5) is 0. The molecule has 0 N–H and O–H groups in total. The lowest BCUT2D eigenvalue weighted by Gasteiger charge is -2.08. The van der Waals surface area contributed by atoms with Gasteiger partial charge >= 0.3 is 0 Å². The second-order valence-corrected chi connectivity index (χ2v) is 21.9. The van der Waals surface area contributed by atoms with E-state index < -0.39 is 0 Å². The van der Waals surface area contributed by atoms with Crippen molar-refractivity contribution in [2.75, 3.05) is 0 Å². The third kappa shape index (κ3) is 4.23. The lowest BCUT2D eigenvalue weighted by Crippen LogP contribution is -1.93. The van der Waals surface area contributed by atoms with Gasteiger partial charge in [0.05, 0.1) is 77.2 Å². The summed E-state index contributed by atoms with van der Waals surface area (Å²) in [5.74, 6) is 0. The zero-order valence-corrected chi connectivity index (χ0v) is 41.1. The molecule has 21 rings (SSSR count). The summed E-state index contributed by atoms with van der Waals surface area (Å²) in [6.45, 7) is 0. The van der Waals surface area contributed by atoms with E-state index in [2.05, 4.69) is 247 Å². The molecular formula is C72H37N5. The Morgan fingerprint density at radius 2 is 0.545 bits per heavy atom. The van der Waals surface area contributed by atoms with Crippen LogP contribution in [-0.4, -0.2) is 22.2 Å². The number of benzene rings is 12. The van der Waals surface area contributed by atoms with Gasteiger partial charge in [0.1, 0.15) is 0 Å². The molecule has 0 saturated heterocycles. The molecule has 0 aliphatic heterocycles. The second-order valence-electron chi connectivity index (χ2n) is 21.9. The van der Waals surface area contributed by atoms with E-state index >= 15 is 0 Å². The summed E-state index contributed by atoms with van der Waals surface area (Å²) in [5.41, 5.74) is 21.2. The average Bonchev–Trinajstić information content (AvgIpc) is 4.57. The van der Waals surface area contributed by atoms with Crippen molar-refractivity contribution >= 4 is 174 Å². The Labute approximate surface area is 435 Å². The van der Waals surface area contributed by atoms with Crippen LogP contribution in [0.2, 0.25) is 0 Å². The zero-order chi connectivity index (χ0) is 49.3. The van der Waals surface area contributed by atoms with Gasteiger partial charge in [0.25, 0.3) is 0 Å². The van der Waals surface area contributed by atoms with Crippen molar-refractivity contribution in [1.29, 1.82) is 0 Å². The summed E-state index contributed by atoms with van der Waals surface area (Å²) >= 11 is 0. The monoisotopic (exact) mass is 971 g/mol. The molecule has 9 heterocycles. The van der Waals surface area contributed by atoms with E-state index in [9.17, 15) is 0 Å². The molecule has 0 radical (unpaired) electrons. The molecule has 77 heavy (non-hydrogen) atoms. The fourth-order valence-electron chi connectivity index (χ4n) is 15.6. The van der Waals surface area contributed by atoms with Crippen LogP contribution >= 0.6 is 0 Å². The first-order chi connectivity index (χ1) is 38.2. The topological polar surface area (TPSA) is 22.6 Å². The van der Waals surface area contributed by atoms with Crippen LogP contribution in [-0.2, 0) is 0 Å². The van der Waals surface area contributed by atoms with E-state index in [0.717, 1.165) is 5.69 Å². The molecule has 0 atom stereocenters. The van der Waals surface area contributed by atoms with Crippen LogP contribution in [0.4, 0.5) is 0 Å². The second kappa shape index (κ2) is 12.8. The van der Waals surface area contributed by atoms with E-state index in [1.54, 1.807) is 0 Å². The molecule has 5 heteroatoms. The van der Waals surface area contributed by atoms with E-state index in [4.69, 9.17) is 0 Å². The number of fused-ring (bicyclic) bond motifs is 28. The van der Waals surface area contributed by atoms with Gasteiger partial charge in [-0.3, -0.25) is 0 Å². The van der Waals surface area contributed by atoms with Crippen molar-refractivity contribution in [3.63, 3.8) is 0 Å². The molecule has 5 nitrogen and oxygen atoms in total. The Balaban J connectivity index is 0.828. The molecule has 9 aromatic heterocycles. The zero-order valence-electron chi connectivity index (χ0n) is 41.1. The third-order valence-electron chi connectivity index (χ3n) is 18.5. The number of nitrogens with zero attached hydrogens (tertiary/aromatic N) is 5. The highest BCUT2D eigenvalue weighted by atomic mass is 15.0. The lowest BCUT2D eigenvalue weighted by molar-refractivity contribution is 1.18. The summed E-state index contributed by atoms with van der Waals surface area (Å²) in [7, 11) is 0. The molecule has 21 aromatic rings. The van der Waals surface area contributed by atoms with Crippen molar-refractivity contribution in [3.8, 4) is 16.8 Å². The molecule has 0 unspecified atom stereocenters. The number of aromatic nitrogens is 5. The van der Waals surface area contributed by atoms with Crippen LogP contribution in [0.25, 0.3) is 191 Å². The Kier molecular flexibility index (Phi) is 6.34. The van der Waals surface area contributed by atoms with Gasteiger partial charge in [-0.25, -0.2) is 0 Å². The normalized spacial score (nSPS) is 13.2. The Hall–Kier alpha value is -10.4. The van der Waals surface area contributed by atoms with Crippen molar-refractivity contribution in [2.24, 2.45) is 0 Å². The standard InChI is InChI=1S/C72H37N5/c1-2-13-40(14-3-1)73-62-33-51-47-21-10-18-44-41-15-4-7-24-57(41)75(69(44)47)64(51)35-53(62)54-36-65-52(34-63(54)73)48-22-11-20-46-50-31-38(27-29-60(50)76(65)70(46)48)39-28-30-61-56(32-39)68-67-49-23-12-19-45-42-16-5-8-25-58(42)77(71(45)49)66(67)37-55-43-17-6-9-26-59(43)74(61)72(55)68/h1-37H. The quantitative estimate of drug-likeness (QED) is 0.165. The van der Waals surface area contributed by atoms with Crippen LogP contribution in [0.3, 0.4) is 0 Å². The highest BCUT2D eigenvalue weighted by Crippen LogP contribution is 2.51. The number of rotatable bonds is 2. The fourth-order valence-corrected chi connectivity index (χ4v) is 15.6. The average molecular weight is 972 g/mol. The van der Waals surface area contributed by atoms with E-state index in [1.807, 2.05) is 0 Å². The maximum absolute atomic E-state index is 2.56. The van der Waals surface area contributed by atoms with E-state index in [-0.39, 0.29) is 0 Å². The maximum Gasteiger partial charge on any atom is 0.0628 e. The minimum absolute atomic E-state index is 1.16. The largest absolute Gasteiger partial charge is 0.309 e. The van der Waals surface area contributed by atoms with Crippen LogP contribution in [0.5, 0.6) is 0 Å². The van der Waals surface area contributed by atoms with Crippen molar-refractivity contribution in [3.05, 3.63) is 224 Å². The summed E-state index contributed by atoms with van der Waals surface area (Å²) < 4.78 is 12.6. The van der Waals surface area contributed by atoms with E-state index in [0.29, 0.717) is 0 Å². The molecule has 0 aliphatic rings. The molecule has 0 saturated carbocycles. The summed E-state index contributed by atoms with van der Waals surface area (Å²) in [6.07, 6.45) is 0. The highest BCUT2D eigenvalue weighted by molar-refractivity contribution is 6.38. The van der Waals surface area contributed by atoms with Crippen molar-refractivity contribution in [2.45, 2.75) is 0 Å². The van der Waals surface area contributed by atoms with Crippen molar-refractivity contribution in [1.82, 2.24) is 22.2 Å². The predicted molar refractivity (Wildman–Crippen MR) is 325 cm³/mol.